The molecule has 4 rings (SSSR count). The van der Waals surface area contributed by atoms with Gasteiger partial charge in [-0.2, -0.15) is 0 Å². The quantitative estimate of drug-likeness (QED) is 0.556. The maximum absolute atomic E-state index is 12.4. The summed E-state index contributed by atoms with van der Waals surface area (Å²) < 4.78 is 0. The van der Waals surface area contributed by atoms with Crippen molar-refractivity contribution in [1.82, 2.24) is 0 Å². The van der Waals surface area contributed by atoms with Crippen molar-refractivity contribution < 1.29 is 4.79 Å². The fourth-order valence-electron chi connectivity index (χ4n) is 3.87. The summed E-state index contributed by atoms with van der Waals surface area (Å²) in [6.07, 6.45) is 3.37. The third-order valence-electron chi connectivity index (χ3n) is 5.24. The summed E-state index contributed by atoms with van der Waals surface area (Å²) in [5.74, 6) is 0.504. The molecule has 1 unspecified atom stereocenters. The molecule has 0 saturated heterocycles. The number of carbonyl (C=O) groups excluding carboxylic acids is 1. The Labute approximate surface area is 155 Å². The lowest BCUT2D eigenvalue weighted by atomic mass is 9.79. The zero-order chi connectivity index (χ0) is 17.9. The van der Waals surface area contributed by atoms with Crippen LogP contribution in [0.25, 0.3) is 16.7 Å². The van der Waals surface area contributed by atoms with Gasteiger partial charge in [0, 0.05) is 6.42 Å². The van der Waals surface area contributed by atoms with E-state index in [1.807, 2.05) is 12.1 Å². The van der Waals surface area contributed by atoms with Gasteiger partial charge < -0.3 is 0 Å². The molecule has 1 aliphatic rings. The first kappa shape index (κ1) is 16.5. The fourth-order valence-corrected chi connectivity index (χ4v) is 3.87. The van der Waals surface area contributed by atoms with Gasteiger partial charge in [0.15, 0.2) is 5.78 Å². The average molecular weight is 338 g/mol. The number of rotatable bonds is 3. The minimum atomic E-state index is 0.228. The normalized spacial score (nSPS) is 17.0. The zero-order valence-electron chi connectivity index (χ0n) is 15.0. The van der Waals surface area contributed by atoms with Crippen molar-refractivity contribution in [3.63, 3.8) is 0 Å². The van der Waals surface area contributed by atoms with Gasteiger partial charge in [-0.15, -0.1) is 0 Å². The van der Waals surface area contributed by atoms with Gasteiger partial charge in [0.25, 0.3) is 0 Å². The van der Waals surface area contributed by atoms with Crippen molar-refractivity contribution in [3.05, 3.63) is 102 Å². The predicted octanol–water partition coefficient (Wildman–Crippen LogP) is 6.19. The maximum atomic E-state index is 12.4. The Kier molecular flexibility index (Phi) is 4.53. The van der Waals surface area contributed by atoms with Gasteiger partial charge in [-0.1, -0.05) is 78.9 Å². The largest absolute Gasteiger partial charge is 0.295 e. The van der Waals surface area contributed by atoms with Gasteiger partial charge in [0.05, 0.1) is 0 Å². The summed E-state index contributed by atoms with van der Waals surface area (Å²) >= 11 is 0. The second-order valence-corrected chi connectivity index (χ2v) is 7.04. The topological polar surface area (TPSA) is 17.1 Å². The first-order chi connectivity index (χ1) is 12.7. The fraction of sp³-hybridized carbons (Fsp3) is 0.160. The Morgan fingerprint density at radius 2 is 1.31 bits per heavy atom. The van der Waals surface area contributed by atoms with Crippen molar-refractivity contribution in [2.75, 3.05) is 0 Å². The number of aryl methyl sites for hydroxylation is 1. The number of benzene rings is 3. The van der Waals surface area contributed by atoms with Gasteiger partial charge in [0.1, 0.15) is 0 Å². The maximum Gasteiger partial charge on any atom is 0.156 e. The van der Waals surface area contributed by atoms with E-state index >= 15 is 0 Å². The van der Waals surface area contributed by atoms with Crippen LogP contribution in [-0.4, -0.2) is 5.78 Å². The van der Waals surface area contributed by atoms with Gasteiger partial charge in [-0.3, -0.25) is 4.79 Å². The first-order valence-electron chi connectivity index (χ1n) is 9.15. The van der Waals surface area contributed by atoms with Gasteiger partial charge in [-0.25, -0.2) is 0 Å². The lowest BCUT2D eigenvalue weighted by Gasteiger charge is -2.24. The highest BCUT2D eigenvalue weighted by Crippen LogP contribution is 2.37. The van der Waals surface area contributed by atoms with Gasteiger partial charge in [-0.05, 0) is 58.7 Å². The Hall–Kier alpha value is -2.93. The van der Waals surface area contributed by atoms with E-state index in [0.29, 0.717) is 6.42 Å². The standard InChI is InChI=1S/C25H22O/c1-18-7-5-6-10-25(18)23-15-22(16-24(26)17-23)21-13-11-20(12-14-21)19-8-3-2-4-9-19/h2-14,16,23H,15,17H2,1H3. The lowest BCUT2D eigenvalue weighted by Crippen LogP contribution is -2.13. The summed E-state index contributed by atoms with van der Waals surface area (Å²) in [5, 5.41) is 0. The van der Waals surface area contributed by atoms with Gasteiger partial charge in [0.2, 0.25) is 0 Å². The van der Waals surface area contributed by atoms with Crippen molar-refractivity contribution >= 4 is 11.4 Å². The minimum absolute atomic E-state index is 0.228. The first-order valence-corrected chi connectivity index (χ1v) is 9.15. The van der Waals surface area contributed by atoms with E-state index in [1.54, 1.807) is 0 Å². The number of carbonyl (C=O) groups is 1. The van der Waals surface area contributed by atoms with Crippen molar-refractivity contribution in [2.45, 2.75) is 25.7 Å². The molecule has 1 nitrogen and oxygen atoms in total. The Morgan fingerprint density at radius 1 is 0.692 bits per heavy atom. The highest BCUT2D eigenvalue weighted by molar-refractivity contribution is 5.99. The Balaban J connectivity index is 1.61. The average Bonchev–Trinajstić information content (AvgIpc) is 2.69. The number of ketones is 1. The van der Waals surface area contributed by atoms with Gasteiger partial charge >= 0.3 is 0 Å². The Morgan fingerprint density at radius 3 is 2.04 bits per heavy atom. The van der Waals surface area contributed by atoms with Crippen LogP contribution in [0.1, 0.15) is 35.4 Å². The molecule has 1 heteroatoms. The number of allylic oxidation sites excluding steroid dienone is 2. The molecule has 1 atom stereocenters. The number of hydrogen-bond donors (Lipinski definition) is 0. The van der Waals surface area contributed by atoms with Crippen LogP contribution in [-0.2, 0) is 4.79 Å². The molecule has 0 fully saturated rings. The highest BCUT2D eigenvalue weighted by atomic mass is 16.1. The van der Waals surface area contributed by atoms with Crippen LogP contribution in [0.4, 0.5) is 0 Å². The van der Waals surface area contributed by atoms with E-state index in [4.69, 9.17) is 0 Å². The van der Waals surface area contributed by atoms with Crippen LogP contribution in [0, 0.1) is 6.92 Å². The van der Waals surface area contributed by atoms with E-state index in [-0.39, 0.29) is 11.7 Å². The van der Waals surface area contributed by atoms with E-state index in [0.717, 1.165) is 17.6 Å². The summed E-state index contributed by atoms with van der Waals surface area (Å²) in [5.41, 5.74) is 7.28. The van der Waals surface area contributed by atoms with Crippen LogP contribution in [0.3, 0.4) is 0 Å². The molecule has 0 amide bonds. The van der Waals surface area contributed by atoms with Crippen LogP contribution < -0.4 is 0 Å². The summed E-state index contributed by atoms with van der Waals surface area (Å²) in [7, 11) is 0. The summed E-state index contributed by atoms with van der Waals surface area (Å²) in [6, 6.07) is 27.4. The molecule has 0 radical (unpaired) electrons. The van der Waals surface area contributed by atoms with Crippen LogP contribution >= 0.6 is 0 Å². The molecule has 1 aliphatic carbocycles. The Bertz CT molecular complexity index is 949. The molecule has 0 heterocycles. The predicted molar refractivity (Wildman–Crippen MR) is 108 cm³/mol. The van der Waals surface area contributed by atoms with Crippen LogP contribution in [0.15, 0.2) is 84.9 Å². The molecule has 128 valence electrons. The molecule has 3 aromatic rings. The third kappa shape index (κ3) is 3.39. The lowest BCUT2D eigenvalue weighted by molar-refractivity contribution is -0.115. The molecular weight excluding hydrogens is 316 g/mol. The molecule has 0 bridgehead atoms. The molecule has 0 aliphatic heterocycles. The molecular formula is C25H22O. The molecule has 0 aromatic heterocycles. The summed E-state index contributed by atoms with van der Waals surface area (Å²) in [4.78, 5) is 12.4. The SMILES string of the molecule is Cc1ccccc1C1CC(=O)C=C(c2ccc(-c3ccccc3)cc2)C1. The molecule has 3 aromatic carbocycles. The molecule has 0 saturated carbocycles. The molecule has 0 N–H and O–H groups in total. The van der Waals surface area contributed by atoms with Crippen LogP contribution in [0.5, 0.6) is 0 Å². The minimum Gasteiger partial charge on any atom is -0.295 e. The van der Waals surface area contributed by atoms with E-state index in [2.05, 4.69) is 79.7 Å². The monoisotopic (exact) mass is 338 g/mol. The van der Waals surface area contributed by atoms with Crippen molar-refractivity contribution in [2.24, 2.45) is 0 Å². The van der Waals surface area contributed by atoms with E-state index in [9.17, 15) is 4.79 Å². The highest BCUT2D eigenvalue weighted by Gasteiger charge is 2.23. The summed E-state index contributed by atoms with van der Waals surface area (Å²) in [6.45, 7) is 2.13. The molecule has 26 heavy (non-hydrogen) atoms. The smallest absolute Gasteiger partial charge is 0.156 e. The third-order valence-corrected chi connectivity index (χ3v) is 5.24. The number of hydrogen-bond acceptors (Lipinski definition) is 1. The molecule has 0 spiro atoms. The van der Waals surface area contributed by atoms with Crippen LogP contribution in [0.2, 0.25) is 0 Å². The van der Waals surface area contributed by atoms with E-state index in [1.165, 1.54) is 22.3 Å². The second kappa shape index (κ2) is 7.13. The van der Waals surface area contributed by atoms with Crippen molar-refractivity contribution in [1.29, 1.82) is 0 Å². The van der Waals surface area contributed by atoms with E-state index < -0.39 is 0 Å². The zero-order valence-corrected chi connectivity index (χ0v) is 15.0. The second-order valence-electron chi connectivity index (χ2n) is 7.04. The van der Waals surface area contributed by atoms with Crippen molar-refractivity contribution in [3.8, 4) is 11.1 Å².